The quantitative estimate of drug-likeness (QED) is 0.361. The molecular weight excluding hydrogens is 198 g/mol. The van der Waals surface area contributed by atoms with Gasteiger partial charge in [-0.1, -0.05) is 38.0 Å². The van der Waals surface area contributed by atoms with Crippen molar-refractivity contribution in [3.63, 3.8) is 0 Å². The predicted molar refractivity (Wildman–Crippen MR) is 70.3 cm³/mol. The van der Waals surface area contributed by atoms with Crippen LogP contribution in [0.15, 0.2) is 24.3 Å². The molecule has 0 fully saturated rings. The zero-order chi connectivity index (χ0) is 12.1. The SMILES string of the molecule is CCCCC/C=C\CC/C=C/C(=O)NCC. The van der Waals surface area contributed by atoms with Crippen molar-refractivity contribution in [2.75, 3.05) is 6.54 Å². The molecule has 0 bridgehead atoms. The third kappa shape index (κ3) is 11.0. The highest BCUT2D eigenvalue weighted by atomic mass is 16.1. The lowest BCUT2D eigenvalue weighted by Gasteiger charge is -1.94. The number of carbonyl (C=O) groups excluding carboxylic acids is 1. The second-order valence-electron chi connectivity index (χ2n) is 3.84. The van der Waals surface area contributed by atoms with Gasteiger partial charge in [0.15, 0.2) is 0 Å². The number of likely N-dealkylation sites (N-methyl/N-ethyl adjacent to an activating group) is 1. The van der Waals surface area contributed by atoms with E-state index >= 15 is 0 Å². The number of hydrogen-bond donors (Lipinski definition) is 1. The summed E-state index contributed by atoms with van der Waals surface area (Å²) >= 11 is 0. The molecule has 0 atom stereocenters. The van der Waals surface area contributed by atoms with Crippen LogP contribution in [0.5, 0.6) is 0 Å². The fourth-order valence-corrected chi connectivity index (χ4v) is 1.36. The van der Waals surface area contributed by atoms with Gasteiger partial charge in [0.05, 0.1) is 0 Å². The van der Waals surface area contributed by atoms with E-state index < -0.39 is 0 Å². The van der Waals surface area contributed by atoms with Crippen molar-refractivity contribution in [3.05, 3.63) is 24.3 Å². The van der Waals surface area contributed by atoms with Gasteiger partial charge in [0, 0.05) is 6.54 Å². The zero-order valence-electron chi connectivity index (χ0n) is 10.7. The fraction of sp³-hybridized carbons (Fsp3) is 0.643. The zero-order valence-corrected chi connectivity index (χ0v) is 10.7. The van der Waals surface area contributed by atoms with E-state index in [9.17, 15) is 4.79 Å². The van der Waals surface area contributed by atoms with Crippen LogP contribution in [0, 0.1) is 0 Å². The summed E-state index contributed by atoms with van der Waals surface area (Å²) < 4.78 is 0. The maximum atomic E-state index is 11.0. The van der Waals surface area contributed by atoms with Gasteiger partial charge in [-0.3, -0.25) is 4.79 Å². The van der Waals surface area contributed by atoms with E-state index in [-0.39, 0.29) is 5.91 Å². The van der Waals surface area contributed by atoms with Gasteiger partial charge in [0.1, 0.15) is 0 Å². The standard InChI is InChI=1S/C14H25NO/c1-3-5-6-7-8-9-10-11-12-13-14(16)15-4-2/h8-9,12-13H,3-7,10-11H2,1-2H3,(H,15,16)/b9-8-,13-12+. The van der Waals surface area contributed by atoms with Gasteiger partial charge < -0.3 is 5.32 Å². The van der Waals surface area contributed by atoms with Crippen LogP contribution in [0.4, 0.5) is 0 Å². The second-order valence-corrected chi connectivity index (χ2v) is 3.84. The van der Waals surface area contributed by atoms with Crippen LogP contribution in [0.25, 0.3) is 0 Å². The van der Waals surface area contributed by atoms with Crippen molar-refractivity contribution in [2.24, 2.45) is 0 Å². The van der Waals surface area contributed by atoms with E-state index in [1.807, 2.05) is 13.0 Å². The summed E-state index contributed by atoms with van der Waals surface area (Å²) in [5, 5.41) is 2.73. The van der Waals surface area contributed by atoms with E-state index in [1.165, 1.54) is 25.7 Å². The highest BCUT2D eigenvalue weighted by molar-refractivity contribution is 5.87. The van der Waals surface area contributed by atoms with Crippen molar-refractivity contribution in [1.82, 2.24) is 5.32 Å². The second kappa shape index (κ2) is 12.0. The number of hydrogen-bond acceptors (Lipinski definition) is 1. The lowest BCUT2D eigenvalue weighted by atomic mass is 10.2. The third-order valence-electron chi connectivity index (χ3n) is 2.26. The molecule has 1 amide bonds. The molecule has 1 N–H and O–H groups in total. The Morgan fingerprint density at radius 1 is 1.00 bits per heavy atom. The molecule has 0 radical (unpaired) electrons. The van der Waals surface area contributed by atoms with Gasteiger partial charge >= 0.3 is 0 Å². The Labute approximate surface area is 99.8 Å². The Hall–Kier alpha value is -1.05. The average Bonchev–Trinajstić information content (AvgIpc) is 2.27. The fourth-order valence-electron chi connectivity index (χ4n) is 1.36. The molecule has 2 heteroatoms. The molecule has 0 heterocycles. The smallest absolute Gasteiger partial charge is 0.243 e. The normalized spacial score (nSPS) is 11.4. The Morgan fingerprint density at radius 3 is 2.38 bits per heavy atom. The summed E-state index contributed by atoms with van der Waals surface area (Å²) in [6.07, 6.45) is 15.1. The minimum Gasteiger partial charge on any atom is -0.353 e. The predicted octanol–water partition coefficient (Wildman–Crippen LogP) is 3.60. The van der Waals surface area contributed by atoms with Gasteiger partial charge in [-0.05, 0) is 38.7 Å². The van der Waals surface area contributed by atoms with Gasteiger partial charge in [-0.15, -0.1) is 0 Å². The van der Waals surface area contributed by atoms with E-state index in [4.69, 9.17) is 0 Å². The lowest BCUT2D eigenvalue weighted by Crippen LogP contribution is -2.19. The Balaban J connectivity index is 3.34. The summed E-state index contributed by atoms with van der Waals surface area (Å²) in [5.74, 6) is 0.00873. The monoisotopic (exact) mass is 223 g/mol. The van der Waals surface area contributed by atoms with Crippen molar-refractivity contribution in [3.8, 4) is 0 Å². The van der Waals surface area contributed by atoms with Gasteiger partial charge in [-0.2, -0.15) is 0 Å². The van der Waals surface area contributed by atoms with E-state index in [0.29, 0.717) is 6.54 Å². The highest BCUT2D eigenvalue weighted by Gasteiger charge is 1.88. The molecular formula is C14H25NO. The summed E-state index contributed by atoms with van der Waals surface area (Å²) in [5.41, 5.74) is 0. The molecule has 0 aromatic rings. The maximum Gasteiger partial charge on any atom is 0.243 e. The minimum absolute atomic E-state index is 0.00873. The van der Waals surface area contributed by atoms with Crippen molar-refractivity contribution in [1.29, 1.82) is 0 Å². The third-order valence-corrected chi connectivity index (χ3v) is 2.26. The molecule has 0 aromatic heterocycles. The molecule has 0 aliphatic heterocycles. The molecule has 92 valence electrons. The molecule has 0 rings (SSSR count). The molecule has 0 saturated carbocycles. The van der Waals surface area contributed by atoms with Gasteiger partial charge in [0.25, 0.3) is 0 Å². The topological polar surface area (TPSA) is 29.1 Å². The lowest BCUT2D eigenvalue weighted by molar-refractivity contribution is -0.116. The van der Waals surface area contributed by atoms with E-state index in [2.05, 4.69) is 24.4 Å². The summed E-state index contributed by atoms with van der Waals surface area (Å²) in [6, 6.07) is 0. The van der Waals surface area contributed by atoms with Crippen molar-refractivity contribution >= 4 is 5.91 Å². The number of rotatable bonds is 9. The summed E-state index contributed by atoms with van der Waals surface area (Å²) in [4.78, 5) is 11.0. The number of unbranched alkanes of at least 4 members (excludes halogenated alkanes) is 4. The van der Waals surface area contributed by atoms with Gasteiger partial charge in [0.2, 0.25) is 5.91 Å². The van der Waals surface area contributed by atoms with Crippen LogP contribution in [0.3, 0.4) is 0 Å². The van der Waals surface area contributed by atoms with Crippen LogP contribution in [-0.2, 0) is 4.79 Å². The summed E-state index contributed by atoms with van der Waals surface area (Å²) in [7, 11) is 0. The molecule has 0 spiro atoms. The van der Waals surface area contributed by atoms with E-state index in [1.54, 1.807) is 6.08 Å². The van der Waals surface area contributed by atoms with Crippen molar-refractivity contribution < 1.29 is 4.79 Å². The van der Waals surface area contributed by atoms with Crippen LogP contribution in [0.2, 0.25) is 0 Å². The molecule has 0 aromatic carbocycles. The molecule has 0 saturated heterocycles. The van der Waals surface area contributed by atoms with Gasteiger partial charge in [-0.25, -0.2) is 0 Å². The first kappa shape index (κ1) is 14.9. The number of allylic oxidation sites excluding steroid dienone is 3. The molecule has 0 aliphatic carbocycles. The number of amides is 1. The number of nitrogens with one attached hydrogen (secondary N) is 1. The Bertz CT molecular complexity index is 219. The van der Waals surface area contributed by atoms with E-state index in [0.717, 1.165) is 12.8 Å². The molecule has 2 nitrogen and oxygen atoms in total. The minimum atomic E-state index is 0.00873. The number of carbonyl (C=O) groups is 1. The molecule has 0 aliphatic rings. The van der Waals surface area contributed by atoms with Crippen molar-refractivity contribution in [2.45, 2.75) is 52.4 Å². The maximum absolute atomic E-state index is 11.0. The van der Waals surface area contributed by atoms with Crippen LogP contribution in [-0.4, -0.2) is 12.5 Å². The average molecular weight is 223 g/mol. The van der Waals surface area contributed by atoms with Crippen LogP contribution < -0.4 is 5.32 Å². The van der Waals surface area contributed by atoms with Crippen LogP contribution >= 0.6 is 0 Å². The molecule has 16 heavy (non-hydrogen) atoms. The first-order valence-electron chi connectivity index (χ1n) is 6.40. The Morgan fingerprint density at radius 2 is 1.69 bits per heavy atom. The molecule has 0 unspecified atom stereocenters. The summed E-state index contributed by atoms with van der Waals surface area (Å²) in [6.45, 7) is 4.83. The first-order valence-corrected chi connectivity index (χ1v) is 6.40. The Kier molecular flexibility index (Phi) is 11.2. The first-order chi connectivity index (χ1) is 7.81. The largest absolute Gasteiger partial charge is 0.353 e. The van der Waals surface area contributed by atoms with Crippen LogP contribution in [0.1, 0.15) is 52.4 Å². The highest BCUT2D eigenvalue weighted by Crippen LogP contribution is 2.01.